The summed E-state index contributed by atoms with van der Waals surface area (Å²) < 4.78 is 0. The van der Waals surface area contributed by atoms with Gasteiger partial charge in [0, 0.05) is 16.5 Å². The predicted octanol–water partition coefficient (Wildman–Crippen LogP) is 6.86. The summed E-state index contributed by atoms with van der Waals surface area (Å²) in [7, 11) is 0. The summed E-state index contributed by atoms with van der Waals surface area (Å²) in [5.41, 5.74) is 1.81. The third kappa shape index (κ3) is 5.78. The Morgan fingerprint density at radius 2 is 1.41 bits per heavy atom. The molecule has 0 N–H and O–H groups in total. The Kier molecular flexibility index (Phi) is 7.48. The molecule has 1 aliphatic carbocycles. The van der Waals surface area contributed by atoms with Crippen molar-refractivity contribution >= 4 is 35.1 Å². The number of halogens is 2. The highest BCUT2D eigenvalue weighted by Crippen LogP contribution is 2.26. The molecule has 0 spiro atoms. The minimum atomic E-state index is 0.284. The van der Waals surface area contributed by atoms with Gasteiger partial charge in [0.2, 0.25) is 0 Å². The zero-order chi connectivity index (χ0) is 15.8. The molecule has 1 saturated carbocycles. The van der Waals surface area contributed by atoms with Crippen LogP contribution >= 0.6 is 23.2 Å². The number of ketones is 1. The molecule has 0 amide bonds. The maximum absolute atomic E-state index is 12.5. The van der Waals surface area contributed by atoms with Crippen molar-refractivity contribution in [3.05, 3.63) is 39.4 Å². The molecule has 0 aromatic heterocycles. The number of carbonyl (C=O) groups is 1. The molecule has 120 valence electrons. The third-order valence-electron chi connectivity index (χ3n) is 4.25. The predicted molar refractivity (Wildman–Crippen MR) is 95.6 cm³/mol. The molecule has 0 aliphatic heterocycles. The summed E-state index contributed by atoms with van der Waals surface area (Å²) in [6.07, 6.45) is 13.1. The Bertz CT molecular complexity index is 534. The van der Waals surface area contributed by atoms with E-state index in [1.54, 1.807) is 6.07 Å². The standard InChI is InChI=1S/C19H24Cl2O/c20-17-12-11-15(18(21)14-17)13-16-9-7-5-3-1-2-4-6-8-10-19(16)22/h11-14H,1-10H2/b16-13+. The minimum Gasteiger partial charge on any atom is -0.295 e. The summed E-state index contributed by atoms with van der Waals surface area (Å²) in [6.45, 7) is 0. The van der Waals surface area contributed by atoms with Gasteiger partial charge in [-0.25, -0.2) is 0 Å². The maximum atomic E-state index is 12.5. The highest BCUT2D eigenvalue weighted by molar-refractivity contribution is 6.35. The fourth-order valence-electron chi connectivity index (χ4n) is 2.92. The summed E-state index contributed by atoms with van der Waals surface area (Å²) in [5.74, 6) is 0.284. The lowest BCUT2D eigenvalue weighted by Crippen LogP contribution is -2.04. The first-order valence-corrected chi connectivity index (χ1v) is 9.11. The molecule has 1 aliphatic rings. The van der Waals surface area contributed by atoms with E-state index in [-0.39, 0.29) is 5.78 Å². The molecule has 1 aromatic rings. The fourth-order valence-corrected chi connectivity index (χ4v) is 3.38. The van der Waals surface area contributed by atoms with Crippen LogP contribution in [0, 0.1) is 0 Å². The van der Waals surface area contributed by atoms with E-state index in [9.17, 15) is 4.79 Å². The molecule has 0 unspecified atom stereocenters. The average molecular weight is 339 g/mol. The molecule has 2 rings (SSSR count). The Morgan fingerprint density at radius 1 is 0.818 bits per heavy atom. The first-order chi connectivity index (χ1) is 10.7. The van der Waals surface area contributed by atoms with Crippen LogP contribution < -0.4 is 0 Å². The summed E-state index contributed by atoms with van der Waals surface area (Å²) in [4.78, 5) is 12.5. The fraction of sp³-hybridized carbons (Fsp3) is 0.526. The van der Waals surface area contributed by atoms with Crippen molar-refractivity contribution in [3.8, 4) is 0 Å². The lowest BCUT2D eigenvalue weighted by Gasteiger charge is -2.10. The van der Waals surface area contributed by atoms with Gasteiger partial charge >= 0.3 is 0 Å². The van der Waals surface area contributed by atoms with Gasteiger partial charge in [-0.3, -0.25) is 4.79 Å². The van der Waals surface area contributed by atoms with Crippen LogP contribution in [0.2, 0.25) is 10.0 Å². The SMILES string of the molecule is O=C1CCCCCCCCCC/C1=C\c1ccc(Cl)cc1Cl. The van der Waals surface area contributed by atoms with E-state index < -0.39 is 0 Å². The van der Waals surface area contributed by atoms with Crippen molar-refractivity contribution in [1.82, 2.24) is 0 Å². The smallest absolute Gasteiger partial charge is 0.158 e. The monoisotopic (exact) mass is 338 g/mol. The van der Waals surface area contributed by atoms with E-state index in [0.29, 0.717) is 16.5 Å². The average Bonchev–Trinajstić information content (AvgIpc) is 2.48. The van der Waals surface area contributed by atoms with Gasteiger partial charge in [0.25, 0.3) is 0 Å². The second-order valence-corrected chi connectivity index (χ2v) is 6.93. The zero-order valence-electron chi connectivity index (χ0n) is 13.0. The molecule has 0 radical (unpaired) electrons. The van der Waals surface area contributed by atoms with Crippen molar-refractivity contribution in [3.63, 3.8) is 0 Å². The van der Waals surface area contributed by atoms with Crippen LogP contribution in [0.1, 0.15) is 69.8 Å². The van der Waals surface area contributed by atoms with Gasteiger partial charge in [-0.2, -0.15) is 0 Å². The highest BCUT2D eigenvalue weighted by Gasteiger charge is 2.11. The van der Waals surface area contributed by atoms with Gasteiger partial charge in [-0.15, -0.1) is 0 Å². The molecule has 0 heterocycles. The minimum absolute atomic E-state index is 0.284. The van der Waals surface area contributed by atoms with Crippen molar-refractivity contribution in [2.45, 2.75) is 64.2 Å². The lowest BCUT2D eigenvalue weighted by molar-refractivity contribution is -0.115. The normalized spacial score (nSPS) is 20.5. The number of hydrogen-bond donors (Lipinski definition) is 0. The van der Waals surface area contributed by atoms with Crippen LogP contribution in [0.15, 0.2) is 23.8 Å². The van der Waals surface area contributed by atoms with Gasteiger partial charge in [-0.05, 0) is 48.6 Å². The molecular formula is C19H24Cl2O. The molecule has 0 saturated heterocycles. The van der Waals surface area contributed by atoms with Gasteiger partial charge in [-0.1, -0.05) is 67.8 Å². The van der Waals surface area contributed by atoms with Gasteiger partial charge < -0.3 is 0 Å². The summed E-state index contributed by atoms with van der Waals surface area (Å²) in [6, 6.07) is 5.44. The van der Waals surface area contributed by atoms with Crippen molar-refractivity contribution in [2.24, 2.45) is 0 Å². The Morgan fingerprint density at radius 3 is 2.05 bits per heavy atom. The Balaban J connectivity index is 2.14. The second-order valence-electron chi connectivity index (χ2n) is 6.09. The number of hydrogen-bond acceptors (Lipinski definition) is 1. The number of allylic oxidation sites excluding steroid dienone is 1. The van der Waals surface area contributed by atoms with Crippen molar-refractivity contribution in [2.75, 3.05) is 0 Å². The van der Waals surface area contributed by atoms with E-state index in [1.165, 1.54) is 38.5 Å². The molecule has 0 atom stereocenters. The number of Topliss-reactive ketones (excluding diaryl/α,β-unsaturated/α-hetero) is 1. The molecule has 1 aromatic carbocycles. The number of rotatable bonds is 1. The molecule has 1 nitrogen and oxygen atoms in total. The zero-order valence-corrected chi connectivity index (χ0v) is 14.6. The van der Waals surface area contributed by atoms with Crippen LogP contribution in [0.25, 0.3) is 6.08 Å². The lowest BCUT2D eigenvalue weighted by atomic mass is 9.95. The van der Waals surface area contributed by atoms with Crippen LogP contribution in [-0.4, -0.2) is 5.78 Å². The van der Waals surface area contributed by atoms with Crippen LogP contribution in [-0.2, 0) is 4.79 Å². The van der Waals surface area contributed by atoms with Gasteiger partial charge in [0.05, 0.1) is 0 Å². The second kappa shape index (κ2) is 9.37. The van der Waals surface area contributed by atoms with Crippen LogP contribution in [0.3, 0.4) is 0 Å². The molecular weight excluding hydrogens is 315 g/mol. The Labute approximate surface area is 143 Å². The van der Waals surface area contributed by atoms with E-state index in [1.807, 2.05) is 18.2 Å². The quantitative estimate of drug-likeness (QED) is 0.511. The summed E-state index contributed by atoms with van der Waals surface area (Å²) >= 11 is 12.2. The topological polar surface area (TPSA) is 17.1 Å². The molecule has 3 heteroatoms. The summed E-state index contributed by atoms with van der Waals surface area (Å²) in [5, 5.41) is 1.23. The third-order valence-corrected chi connectivity index (χ3v) is 4.81. The number of carbonyl (C=O) groups excluding carboxylic acids is 1. The molecule has 22 heavy (non-hydrogen) atoms. The van der Waals surface area contributed by atoms with Gasteiger partial charge in [0.1, 0.15) is 0 Å². The van der Waals surface area contributed by atoms with Crippen molar-refractivity contribution in [1.29, 1.82) is 0 Å². The Hall–Kier alpha value is -0.790. The van der Waals surface area contributed by atoms with Crippen molar-refractivity contribution < 1.29 is 4.79 Å². The maximum Gasteiger partial charge on any atom is 0.158 e. The largest absolute Gasteiger partial charge is 0.295 e. The number of benzene rings is 1. The van der Waals surface area contributed by atoms with Crippen LogP contribution in [0.4, 0.5) is 0 Å². The van der Waals surface area contributed by atoms with E-state index in [2.05, 4.69) is 0 Å². The van der Waals surface area contributed by atoms with E-state index >= 15 is 0 Å². The molecule has 1 fully saturated rings. The van der Waals surface area contributed by atoms with Crippen LogP contribution in [0.5, 0.6) is 0 Å². The van der Waals surface area contributed by atoms with E-state index in [0.717, 1.165) is 30.4 Å². The highest BCUT2D eigenvalue weighted by atomic mass is 35.5. The molecule has 0 bridgehead atoms. The first kappa shape index (κ1) is 17.6. The first-order valence-electron chi connectivity index (χ1n) is 8.35. The van der Waals surface area contributed by atoms with Gasteiger partial charge in [0.15, 0.2) is 5.78 Å². The van der Waals surface area contributed by atoms with E-state index in [4.69, 9.17) is 23.2 Å².